The molecule has 5 nitrogen and oxygen atoms in total. The molecule has 0 saturated carbocycles. The van der Waals surface area contributed by atoms with Crippen molar-refractivity contribution in [3.63, 3.8) is 0 Å². The van der Waals surface area contributed by atoms with E-state index < -0.39 is 6.09 Å². The molecule has 1 aliphatic rings. The number of rotatable bonds is 9. The van der Waals surface area contributed by atoms with Crippen LogP contribution in [0, 0.1) is 5.92 Å². The summed E-state index contributed by atoms with van der Waals surface area (Å²) in [5.41, 5.74) is 2.06. The Balaban J connectivity index is 1.53. The van der Waals surface area contributed by atoms with E-state index >= 15 is 0 Å². The number of hydrogen-bond acceptors (Lipinski definition) is 4. The van der Waals surface area contributed by atoms with Gasteiger partial charge in [-0.05, 0) is 23.5 Å². The van der Waals surface area contributed by atoms with Crippen LogP contribution in [0.2, 0.25) is 0 Å². The fourth-order valence-electron chi connectivity index (χ4n) is 3.51. The van der Waals surface area contributed by atoms with Gasteiger partial charge in [-0.1, -0.05) is 74.0 Å². The highest BCUT2D eigenvalue weighted by Gasteiger charge is 2.34. The molecule has 1 saturated heterocycles. The lowest BCUT2D eigenvalue weighted by Gasteiger charge is -2.27. The molecule has 150 valence electrons. The highest BCUT2D eigenvalue weighted by Crippen LogP contribution is 2.28. The van der Waals surface area contributed by atoms with Gasteiger partial charge in [0.15, 0.2) is 0 Å². The van der Waals surface area contributed by atoms with Gasteiger partial charge in [0.25, 0.3) is 0 Å². The molecule has 1 amide bonds. The van der Waals surface area contributed by atoms with Crippen molar-refractivity contribution >= 4 is 6.09 Å². The smallest absolute Gasteiger partial charge is 0.407 e. The first-order chi connectivity index (χ1) is 13.8. The molecule has 0 radical (unpaired) electrons. The minimum Gasteiger partial charge on any atom is -0.445 e. The van der Waals surface area contributed by atoms with Crippen LogP contribution in [-0.2, 0) is 27.4 Å². The van der Waals surface area contributed by atoms with Crippen molar-refractivity contribution in [1.82, 2.24) is 5.32 Å². The first kappa shape index (κ1) is 20.4. The quantitative estimate of drug-likeness (QED) is 0.701. The summed E-state index contributed by atoms with van der Waals surface area (Å²) in [6, 6.07) is 19.7. The van der Waals surface area contributed by atoms with E-state index in [9.17, 15) is 4.79 Å². The predicted molar refractivity (Wildman–Crippen MR) is 108 cm³/mol. The molecule has 0 aliphatic carbocycles. The number of nitrogens with one attached hydrogen (secondary N) is 1. The summed E-state index contributed by atoms with van der Waals surface area (Å²) in [6.45, 7) is 4.01. The van der Waals surface area contributed by atoms with E-state index in [4.69, 9.17) is 14.2 Å². The molecular weight excluding hydrogens is 354 g/mol. The van der Waals surface area contributed by atoms with Gasteiger partial charge >= 0.3 is 6.09 Å². The minimum absolute atomic E-state index is 0.0110. The van der Waals surface area contributed by atoms with Crippen LogP contribution in [0.25, 0.3) is 0 Å². The Kier molecular flexibility index (Phi) is 7.88. The SMILES string of the molecule is CCC1CCOC1[C@@H](CNC(=O)OCc1ccccc1)OCc1ccccc1. The zero-order valence-electron chi connectivity index (χ0n) is 16.4. The second kappa shape index (κ2) is 10.8. The average molecular weight is 383 g/mol. The summed E-state index contributed by atoms with van der Waals surface area (Å²) in [7, 11) is 0. The fraction of sp³-hybridized carbons (Fsp3) is 0.435. The van der Waals surface area contributed by atoms with Gasteiger partial charge in [-0.3, -0.25) is 0 Å². The number of carbonyl (C=O) groups is 1. The van der Waals surface area contributed by atoms with Gasteiger partial charge < -0.3 is 19.5 Å². The molecule has 28 heavy (non-hydrogen) atoms. The van der Waals surface area contributed by atoms with Crippen LogP contribution in [0.5, 0.6) is 0 Å². The van der Waals surface area contributed by atoms with Crippen LogP contribution in [0.4, 0.5) is 4.79 Å². The lowest BCUT2D eigenvalue weighted by Crippen LogP contribution is -2.43. The third-order valence-corrected chi connectivity index (χ3v) is 5.12. The molecule has 1 aliphatic heterocycles. The second-order valence-corrected chi connectivity index (χ2v) is 7.07. The van der Waals surface area contributed by atoms with Crippen molar-refractivity contribution in [2.45, 2.75) is 45.2 Å². The molecule has 2 unspecified atom stereocenters. The molecule has 2 aromatic carbocycles. The lowest BCUT2D eigenvalue weighted by molar-refractivity contribution is -0.0674. The number of ether oxygens (including phenoxy) is 3. The zero-order valence-corrected chi connectivity index (χ0v) is 16.4. The van der Waals surface area contributed by atoms with Crippen molar-refractivity contribution in [3.8, 4) is 0 Å². The monoisotopic (exact) mass is 383 g/mol. The van der Waals surface area contributed by atoms with Crippen molar-refractivity contribution < 1.29 is 19.0 Å². The topological polar surface area (TPSA) is 56.8 Å². The van der Waals surface area contributed by atoms with Crippen molar-refractivity contribution in [2.24, 2.45) is 5.92 Å². The van der Waals surface area contributed by atoms with Crippen LogP contribution in [0.1, 0.15) is 30.9 Å². The van der Waals surface area contributed by atoms with Gasteiger partial charge in [-0.2, -0.15) is 0 Å². The third kappa shape index (κ3) is 6.08. The molecular formula is C23H29NO4. The maximum Gasteiger partial charge on any atom is 0.407 e. The van der Waals surface area contributed by atoms with Crippen LogP contribution < -0.4 is 5.32 Å². The molecule has 1 fully saturated rings. The number of amides is 1. The molecule has 0 spiro atoms. The van der Waals surface area contributed by atoms with Crippen molar-refractivity contribution in [1.29, 1.82) is 0 Å². The highest BCUT2D eigenvalue weighted by molar-refractivity contribution is 5.67. The van der Waals surface area contributed by atoms with E-state index in [-0.39, 0.29) is 18.8 Å². The lowest BCUT2D eigenvalue weighted by atomic mass is 9.94. The second-order valence-electron chi connectivity index (χ2n) is 7.07. The average Bonchev–Trinajstić information content (AvgIpc) is 3.22. The summed E-state index contributed by atoms with van der Waals surface area (Å²) in [6.07, 6.45) is 1.40. The summed E-state index contributed by atoms with van der Waals surface area (Å²) in [5.74, 6) is 0.447. The number of carbonyl (C=O) groups excluding carboxylic acids is 1. The molecule has 1 heterocycles. The largest absolute Gasteiger partial charge is 0.445 e. The summed E-state index contributed by atoms with van der Waals surface area (Å²) in [5, 5.41) is 2.84. The Hall–Kier alpha value is -2.37. The molecule has 3 rings (SSSR count). The van der Waals surface area contributed by atoms with Gasteiger partial charge in [0, 0.05) is 13.2 Å². The molecule has 5 heteroatoms. The third-order valence-electron chi connectivity index (χ3n) is 5.12. The Morgan fingerprint density at radius 2 is 1.71 bits per heavy atom. The Morgan fingerprint density at radius 1 is 1.07 bits per heavy atom. The highest BCUT2D eigenvalue weighted by atomic mass is 16.6. The Labute approximate surface area is 167 Å². The van der Waals surface area contributed by atoms with E-state index in [1.807, 2.05) is 60.7 Å². The first-order valence-electron chi connectivity index (χ1n) is 9.98. The van der Waals surface area contributed by atoms with E-state index in [0.717, 1.165) is 30.6 Å². The molecule has 0 bridgehead atoms. The van der Waals surface area contributed by atoms with E-state index in [1.54, 1.807) is 0 Å². The standard InChI is InChI=1S/C23H29NO4/c1-2-20-13-14-26-22(20)21(27-16-18-9-5-3-6-10-18)15-24-23(25)28-17-19-11-7-4-8-12-19/h3-12,20-22H,2,13-17H2,1H3,(H,24,25)/t20?,21-,22?/m1/s1. The molecule has 0 aromatic heterocycles. The summed E-state index contributed by atoms with van der Waals surface area (Å²) < 4.78 is 17.4. The van der Waals surface area contributed by atoms with Gasteiger partial charge in [0.2, 0.25) is 0 Å². The number of alkyl carbamates (subject to hydrolysis) is 1. The van der Waals surface area contributed by atoms with Gasteiger partial charge in [-0.25, -0.2) is 4.79 Å². The maximum absolute atomic E-state index is 12.1. The maximum atomic E-state index is 12.1. The van der Waals surface area contributed by atoms with Crippen LogP contribution in [0.15, 0.2) is 60.7 Å². The van der Waals surface area contributed by atoms with Crippen LogP contribution in [0.3, 0.4) is 0 Å². The number of benzene rings is 2. The minimum atomic E-state index is -0.441. The normalized spacial score (nSPS) is 19.9. The first-order valence-corrected chi connectivity index (χ1v) is 9.98. The van der Waals surface area contributed by atoms with Crippen LogP contribution >= 0.6 is 0 Å². The predicted octanol–water partition coefficient (Wildman–Crippen LogP) is 4.31. The summed E-state index contributed by atoms with van der Waals surface area (Å²) >= 11 is 0. The van der Waals surface area contributed by atoms with Crippen LogP contribution in [-0.4, -0.2) is 31.5 Å². The van der Waals surface area contributed by atoms with E-state index in [2.05, 4.69) is 12.2 Å². The van der Waals surface area contributed by atoms with E-state index in [0.29, 0.717) is 19.1 Å². The number of hydrogen-bond donors (Lipinski definition) is 1. The molecule has 3 atom stereocenters. The molecule has 1 N–H and O–H groups in total. The van der Waals surface area contributed by atoms with Gasteiger partial charge in [0.05, 0.1) is 12.7 Å². The van der Waals surface area contributed by atoms with E-state index in [1.165, 1.54) is 0 Å². The summed E-state index contributed by atoms with van der Waals surface area (Å²) in [4.78, 5) is 12.1. The van der Waals surface area contributed by atoms with Gasteiger partial charge in [0.1, 0.15) is 12.7 Å². The molecule has 2 aromatic rings. The fourth-order valence-corrected chi connectivity index (χ4v) is 3.51. The van der Waals surface area contributed by atoms with Crippen molar-refractivity contribution in [3.05, 3.63) is 71.8 Å². The Morgan fingerprint density at radius 3 is 2.36 bits per heavy atom. The van der Waals surface area contributed by atoms with Gasteiger partial charge in [-0.15, -0.1) is 0 Å². The van der Waals surface area contributed by atoms with Crippen molar-refractivity contribution in [2.75, 3.05) is 13.2 Å². The zero-order chi connectivity index (χ0) is 19.6. The Bertz CT molecular complexity index is 707.